The van der Waals surface area contributed by atoms with Crippen molar-refractivity contribution < 1.29 is 26.7 Å². The molecule has 1 aliphatic rings. The van der Waals surface area contributed by atoms with Gasteiger partial charge in [0.2, 0.25) is 9.84 Å². The van der Waals surface area contributed by atoms with Gasteiger partial charge in [-0.1, -0.05) is 18.2 Å². The second kappa shape index (κ2) is 9.17. The number of rotatable bonds is 7. The Kier molecular flexibility index (Phi) is 6.50. The molecule has 0 fully saturated rings. The molecule has 0 bridgehead atoms. The summed E-state index contributed by atoms with van der Waals surface area (Å²) in [6.07, 6.45) is 0.815. The van der Waals surface area contributed by atoms with Gasteiger partial charge in [0.25, 0.3) is 0 Å². The molecular formula is C23H23F2NO4S2. The van der Waals surface area contributed by atoms with Crippen LogP contribution in [-0.2, 0) is 22.8 Å². The van der Waals surface area contributed by atoms with Crippen LogP contribution in [0.1, 0.15) is 27.6 Å². The zero-order valence-electron chi connectivity index (χ0n) is 17.6. The minimum absolute atomic E-state index is 0.0111. The minimum atomic E-state index is -4.60. The van der Waals surface area contributed by atoms with Gasteiger partial charge in [-0.25, -0.2) is 8.42 Å². The molecule has 0 spiro atoms. The third kappa shape index (κ3) is 4.24. The Morgan fingerprint density at radius 1 is 1.09 bits per heavy atom. The molecule has 4 rings (SSSR count). The standard InChI is InChI=1S/C23H23F2NO4S2/c1-29-19-12-16-9-10-26(14-15-5-7-17(8-6-15)32(27,28)23(24)25)22(21-4-3-11-31-21)18(16)13-20(19)30-2/h3-8,11-13,22-23H,9-10,14H2,1-2H3. The van der Waals surface area contributed by atoms with E-state index in [4.69, 9.17) is 9.47 Å². The molecule has 1 unspecified atom stereocenters. The number of alkyl halides is 2. The maximum Gasteiger partial charge on any atom is 0.341 e. The Hall–Kier alpha value is -2.49. The molecule has 0 N–H and O–H groups in total. The monoisotopic (exact) mass is 479 g/mol. The van der Waals surface area contributed by atoms with Crippen LogP contribution in [0.4, 0.5) is 8.78 Å². The van der Waals surface area contributed by atoms with Gasteiger partial charge in [-0.2, -0.15) is 8.78 Å². The molecule has 1 atom stereocenters. The van der Waals surface area contributed by atoms with Crippen LogP contribution in [0.3, 0.4) is 0 Å². The van der Waals surface area contributed by atoms with Crippen LogP contribution in [-0.4, -0.2) is 39.8 Å². The highest BCUT2D eigenvalue weighted by molar-refractivity contribution is 7.91. The molecular weight excluding hydrogens is 456 g/mol. The van der Waals surface area contributed by atoms with E-state index in [1.165, 1.54) is 22.6 Å². The quantitative estimate of drug-likeness (QED) is 0.482. The van der Waals surface area contributed by atoms with Crippen molar-refractivity contribution in [2.45, 2.75) is 29.7 Å². The molecule has 2 aromatic carbocycles. The van der Waals surface area contributed by atoms with Crippen LogP contribution in [0.25, 0.3) is 0 Å². The summed E-state index contributed by atoms with van der Waals surface area (Å²) in [5.74, 6) is -2.07. The number of sulfone groups is 1. The lowest BCUT2D eigenvalue weighted by Gasteiger charge is -2.37. The van der Waals surface area contributed by atoms with E-state index in [2.05, 4.69) is 11.0 Å². The Labute approximate surface area is 190 Å². The molecule has 1 aliphatic heterocycles. The van der Waals surface area contributed by atoms with E-state index in [0.29, 0.717) is 18.0 Å². The number of nitrogens with zero attached hydrogens (tertiary/aromatic N) is 1. The fourth-order valence-electron chi connectivity index (χ4n) is 4.07. The highest BCUT2D eigenvalue weighted by Gasteiger charge is 2.31. The summed E-state index contributed by atoms with van der Waals surface area (Å²) in [5.41, 5.74) is 3.17. The first-order valence-electron chi connectivity index (χ1n) is 9.98. The molecule has 0 saturated carbocycles. The second-order valence-corrected chi connectivity index (χ2v) is 10.4. The van der Waals surface area contributed by atoms with E-state index < -0.39 is 15.6 Å². The number of halogens is 2. The maximum absolute atomic E-state index is 12.8. The molecule has 32 heavy (non-hydrogen) atoms. The van der Waals surface area contributed by atoms with Gasteiger partial charge >= 0.3 is 5.76 Å². The van der Waals surface area contributed by atoms with Crippen molar-refractivity contribution in [1.29, 1.82) is 0 Å². The first-order chi connectivity index (χ1) is 15.3. The number of fused-ring (bicyclic) bond motifs is 1. The topological polar surface area (TPSA) is 55.8 Å². The molecule has 9 heteroatoms. The molecule has 0 radical (unpaired) electrons. The number of thiophene rings is 1. The van der Waals surface area contributed by atoms with Crippen molar-refractivity contribution in [2.24, 2.45) is 0 Å². The van der Waals surface area contributed by atoms with Gasteiger partial charge in [-0.15, -0.1) is 11.3 Å². The van der Waals surface area contributed by atoms with Crippen LogP contribution >= 0.6 is 11.3 Å². The molecule has 1 aromatic heterocycles. The third-order valence-corrected chi connectivity index (χ3v) is 7.98. The highest BCUT2D eigenvalue weighted by Crippen LogP contribution is 2.42. The van der Waals surface area contributed by atoms with Crippen LogP contribution in [0.2, 0.25) is 0 Å². The fraction of sp³-hybridized carbons (Fsp3) is 0.304. The average molecular weight is 480 g/mol. The molecule has 2 heterocycles. The number of benzene rings is 2. The molecule has 0 saturated heterocycles. The summed E-state index contributed by atoms with van der Waals surface area (Å²) in [6.45, 7) is 1.33. The number of ether oxygens (including phenoxy) is 2. The molecule has 0 aliphatic carbocycles. The van der Waals surface area contributed by atoms with Gasteiger partial charge < -0.3 is 9.47 Å². The van der Waals surface area contributed by atoms with Gasteiger partial charge in [0.05, 0.1) is 25.2 Å². The molecule has 3 aromatic rings. The fourth-order valence-corrected chi connectivity index (χ4v) is 5.67. The first-order valence-corrected chi connectivity index (χ1v) is 12.4. The van der Waals surface area contributed by atoms with E-state index in [-0.39, 0.29) is 10.9 Å². The predicted octanol–water partition coefficient (Wildman–Crippen LogP) is 4.91. The average Bonchev–Trinajstić information content (AvgIpc) is 3.32. The van der Waals surface area contributed by atoms with Crippen LogP contribution in [0.15, 0.2) is 58.8 Å². The summed E-state index contributed by atoms with van der Waals surface area (Å²) < 4.78 is 60.1. The van der Waals surface area contributed by atoms with E-state index in [9.17, 15) is 17.2 Å². The van der Waals surface area contributed by atoms with Gasteiger partial charge in [0, 0.05) is 18.0 Å². The zero-order valence-corrected chi connectivity index (χ0v) is 19.3. The van der Waals surface area contributed by atoms with Crippen LogP contribution < -0.4 is 9.47 Å². The van der Waals surface area contributed by atoms with Crippen molar-refractivity contribution in [1.82, 2.24) is 4.90 Å². The van der Waals surface area contributed by atoms with Gasteiger partial charge in [-0.3, -0.25) is 4.90 Å². The third-order valence-electron chi connectivity index (χ3n) is 5.66. The molecule has 0 amide bonds. The largest absolute Gasteiger partial charge is 0.493 e. The summed E-state index contributed by atoms with van der Waals surface area (Å²) in [6, 6.07) is 13.8. The summed E-state index contributed by atoms with van der Waals surface area (Å²) >= 11 is 1.66. The summed E-state index contributed by atoms with van der Waals surface area (Å²) in [7, 11) is -1.37. The van der Waals surface area contributed by atoms with E-state index in [1.807, 2.05) is 23.6 Å². The Bertz CT molecular complexity index is 1180. The molecule has 170 valence electrons. The number of methoxy groups -OCH3 is 2. The van der Waals surface area contributed by atoms with E-state index in [1.54, 1.807) is 37.7 Å². The first kappa shape index (κ1) is 22.7. The smallest absolute Gasteiger partial charge is 0.341 e. The lowest BCUT2D eigenvalue weighted by Crippen LogP contribution is -2.35. The molecule has 5 nitrogen and oxygen atoms in total. The van der Waals surface area contributed by atoms with Crippen molar-refractivity contribution in [3.05, 3.63) is 75.5 Å². The van der Waals surface area contributed by atoms with Crippen molar-refractivity contribution in [3.8, 4) is 11.5 Å². The highest BCUT2D eigenvalue weighted by atomic mass is 32.2. The SMILES string of the molecule is COc1cc2c(cc1OC)C(c1cccs1)N(Cc1ccc(S(=O)(=O)C(F)F)cc1)CC2. The van der Waals surface area contributed by atoms with Crippen molar-refractivity contribution in [3.63, 3.8) is 0 Å². The Morgan fingerprint density at radius 3 is 2.38 bits per heavy atom. The lowest BCUT2D eigenvalue weighted by molar-refractivity contribution is 0.206. The predicted molar refractivity (Wildman–Crippen MR) is 119 cm³/mol. The van der Waals surface area contributed by atoms with Crippen molar-refractivity contribution in [2.75, 3.05) is 20.8 Å². The Morgan fingerprint density at radius 2 is 1.78 bits per heavy atom. The minimum Gasteiger partial charge on any atom is -0.493 e. The number of hydrogen-bond acceptors (Lipinski definition) is 6. The van der Waals surface area contributed by atoms with Crippen LogP contribution in [0, 0.1) is 0 Å². The van der Waals surface area contributed by atoms with E-state index in [0.717, 1.165) is 24.1 Å². The van der Waals surface area contributed by atoms with E-state index >= 15 is 0 Å². The maximum atomic E-state index is 12.8. The number of hydrogen-bond donors (Lipinski definition) is 0. The second-order valence-electron chi connectivity index (χ2n) is 7.49. The Balaban J connectivity index is 1.68. The van der Waals surface area contributed by atoms with Crippen LogP contribution in [0.5, 0.6) is 11.5 Å². The zero-order chi connectivity index (χ0) is 22.9. The van der Waals surface area contributed by atoms with Gasteiger partial charge in [0.15, 0.2) is 11.5 Å². The van der Waals surface area contributed by atoms with Gasteiger partial charge in [0.1, 0.15) is 0 Å². The normalized spacial score (nSPS) is 16.7. The van der Waals surface area contributed by atoms with Gasteiger partial charge in [-0.05, 0) is 58.8 Å². The summed E-state index contributed by atoms with van der Waals surface area (Å²) in [4.78, 5) is 3.11. The lowest BCUT2D eigenvalue weighted by atomic mass is 9.90. The van der Waals surface area contributed by atoms with Crippen molar-refractivity contribution >= 4 is 21.2 Å². The summed E-state index contributed by atoms with van der Waals surface area (Å²) in [5, 5.41) is 2.03.